The van der Waals surface area contributed by atoms with Crippen LogP contribution in [0.2, 0.25) is 0 Å². The largest absolute Gasteiger partial charge is 0.457 e. The van der Waals surface area contributed by atoms with Crippen LogP contribution in [0.5, 0.6) is 11.5 Å². The second kappa shape index (κ2) is 10.7. The summed E-state index contributed by atoms with van der Waals surface area (Å²) in [6.07, 6.45) is -5.82. The average Bonchev–Trinajstić information content (AvgIpc) is 2.87. The minimum atomic E-state index is -4.38. The third kappa shape index (κ3) is 7.30. The molecule has 188 valence electrons. The van der Waals surface area contributed by atoms with Gasteiger partial charge >= 0.3 is 12.4 Å². The van der Waals surface area contributed by atoms with Crippen LogP contribution in [0.3, 0.4) is 0 Å². The Labute approximate surface area is 208 Å². The van der Waals surface area contributed by atoms with Gasteiger partial charge < -0.3 is 4.74 Å². The number of ether oxygens (including phenoxy) is 1. The molecule has 0 aliphatic heterocycles. The summed E-state index contributed by atoms with van der Waals surface area (Å²) in [6, 6.07) is 23.1. The molecule has 0 spiro atoms. The quantitative estimate of drug-likeness (QED) is 0.187. The molecule has 0 radical (unpaired) electrons. The van der Waals surface area contributed by atoms with Gasteiger partial charge in [0.25, 0.3) is 0 Å². The number of alkyl halides is 6. The maximum atomic E-state index is 12.6. The van der Waals surface area contributed by atoms with E-state index in [9.17, 15) is 26.3 Å². The van der Waals surface area contributed by atoms with E-state index in [0.29, 0.717) is 34.0 Å². The topological polar surface area (TPSA) is 34.0 Å². The standard InChI is InChI=1S/C28H18F6N2O/c29-27(30,31)21-5-1-19(2-6-21)17-35-23-9-13-25(14-10-23)37-26-15-11-24(12-16-26)36-18-20-3-7-22(8-4-20)28(32,33)34/h1-18H. The summed E-state index contributed by atoms with van der Waals surface area (Å²) >= 11 is 0. The number of benzene rings is 4. The molecule has 0 saturated carbocycles. The Hall–Kier alpha value is -4.40. The molecular formula is C28H18F6N2O. The number of aliphatic imine (C=N–C) groups is 2. The van der Waals surface area contributed by atoms with Crippen LogP contribution in [0.15, 0.2) is 107 Å². The second-order valence-corrected chi connectivity index (χ2v) is 7.85. The van der Waals surface area contributed by atoms with Crippen molar-refractivity contribution in [3.8, 4) is 11.5 Å². The zero-order valence-electron chi connectivity index (χ0n) is 19.0. The molecule has 3 nitrogen and oxygen atoms in total. The van der Waals surface area contributed by atoms with Crippen LogP contribution in [0.1, 0.15) is 22.3 Å². The second-order valence-electron chi connectivity index (χ2n) is 7.85. The lowest BCUT2D eigenvalue weighted by Crippen LogP contribution is -2.04. The fraction of sp³-hybridized carbons (Fsp3) is 0.0714. The van der Waals surface area contributed by atoms with Gasteiger partial charge in [-0.05, 0) is 83.9 Å². The smallest absolute Gasteiger partial charge is 0.416 e. The van der Waals surface area contributed by atoms with Crippen molar-refractivity contribution in [1.29, 1.82) is 0 Å². The van der Waals surface area contributed by atoms with Gasteiger partial charge in [0.15, 0.2) is 0 Å². The van der Waals surface area contributed by atoms with Crippen LogP contribution in [-0.2, 0) is 12.4 Å². The number of hydrogen-bond acceptors (Lipinski definition) is 3. The lowest BCUT2D eigenvalue weighted by atomic mass is 10.1. The van der Waals surface area contributed by atoms with Crippen LogP contribution in [0.25, 0.3) is 0 Å². The van der Waals surface area contributed by atoms with Gasteiger partial charge in [0.2, 0.25) is 0 Å². The highest BCUT2D eigenvalue weighted by Crippen LogP contribution is 2.30. The van der Waals surface area contributed by atoms with Gasteiger partial charge in [-0.3, -0.25) is 9.98 Å². The number of rotatable bonds is 6. The Morgan fingerprint density at radius 2 is 0.784 bits per heavy atom. The van der Waals surface area contributed by atoms with Crippen molar-refractivity contribution in [3.05, 3.63) is 119 Å². The van der Waals surface area contributed by atoms with E-state index in [1.807, 2.05) is 0 Å². The van der Waals surface area contributed by atoms with E-state index < -0.39 is 23.5 Å². The average molecular weight is 512 g/mol. The first-order chi connectivity index (χ1) is 17.6. The normalized spacial score (nSPS) is 12.4. The molecule has 37 heavy (non-hydrogen) atoms. The first-order valence-corrected chi connectivity index (χ1v) is 10.9. The van der Waals surface area contributed by atoms with Gasteiger partial charge in [-0.2, -0.15) is 26.3 Å². The molecule has 0 heterocycles. The Balaban J connectivity index is 1.33. The van der Waals surface area contributed by atoms with Crippen LogP contribution in [0, 0.1) is 0 Å². The number of halogens is 6. The minimum absolute atomic E-state index is 0.536. The van der Waals surface area contributed by atoms with E-state index >= 15 is 0 Å². The zero-order chi connectivity index (χ0) is 26.5. The monoisotopic (exact) mass is 512 g/mol. The highest BCUT2D eigenvalue weighted by Gasteiger charge is 2.30. The first kappa shape index (κ1) is 25.7. The summed E-state index contributed by atoms with van der Waals surface area (Å²) < 4.78 is 81.6. The van der Waals surface area contributed by atoms with Gasteiger partial charge in [-0.1, -0.05) is 24.3 Å². The summed E-state index contributed by atoms with van der Waals surface area (Å²) in [4.78, 5) is 8.51. The molecule has 0 unspecified atom stereocenters. The molecular weight excluding hydrogens is 494 g/mol. The van der Waals surface area contributed by atoms with Gasteiger partial charge in [-0.15, -0.1) is 0 Å². The number of nitrogens with zero attached hydrogens (tertiary/aromatic N) is 2. The first-order valence-electron chi connectivity index (χ1n) is 10.9. The Kier molecular flexibility index (Phi) is 7.42. The van der Waals surface area contributed by atoms with Gasteiger partial charge in [-0.25, -0.2) is 0 Å². The van der Waals surface area contributed by atoms with E-state index in [1.54, 1.807) is 48.5 Å². The van der Waals surface area contributed by atoms with Crippen molar-refractivity contribution >= 4 is 23.8 Å². The summed E-state index contributed by atoms with van der Waals surface area (Å²) in [5.74, 6) is 1.10. The van der Waals surface area contributed by atoms with Gasteiger partial charge in [0.1, 0.15) is 11.5 Å². The molecule has 0 amide bonds. The van der Waals surface area contributed by atoms with E-state index in [1.165, 1.54) is 36.7 Å². The molecule has 0 saturated heterocycles. The Bertz CT molecular complexity index is 1260. The minimum Gasteiger partial charge on any atom is -0.457 e. The van der Waals surface area contributed by atoms with Crippen LogP contribution < -0.4 is 4.74 Å². The van der Waals surface area contributed by atoms with Gasteiger partial charge in [0, 0.05) is 12.4 Å². The SMILES string of the molecule is FC(F)(F)c1ccc(C=Nc2ccc(Oc3ccc(N=Cc4ccc(C(F)(F)F)cc4)cc3)cc2)cc1. The zero-order valence-corrected chi connectivity index (χ0v) is 19.0. The fourth-order valence-electron chi connectivity index (χ4n) is 3.15. The maximum absolute atomic E-state index is 12.6. The van der Waals surface area contributed by atoms with Crippen molar-refractivity contribution < 1.29 is 31.1 Å². The Morgan fingerprint density at radius 3 is 1.08 bits per heavy atom. The van der Waals surface area contributed by atoms with Crippen molar-refractivity contribution in [3.63, 3.8) is 0 Å². The van der Waals surface area contributed by atoms with E-state index in [4.69, 9.17) is 4.74 Å². The van der Waals surface area contributed by atoms with Crippen LogP contribution >= 0.6 is 0 Å². The summed E-state index contributed by atoms with van der Waals surface area (Å²) in [5.41, 5.74) is 0.833. The molecule has 0 fully saturated rings. The van der Waals surface area contributed by atoms with Crippen molar-refractivity contribution in [2.45, 2.75) is 12.4 Å². The summed E-state index contributed by atoms with van der Waals surface area (Å²) in [5, 5.41) is 0. The molecule has 4 rings (SSSR count). The molecule has 0 aliphatic carbocycles. The summed E-state index contributed by atoms with van der Waals surface area (Å²) in [7, 11) is 0. The maximum Gasteiger partial charge on any atom is 0.416 e. The lowest BCUT2D eigenvalue weighted by Gasteiger charge is -2.07. The fourth-order valence-corrected chi connectivity index (χ4v) is 3.15. The molecule has 0 atom stereocenters. The molecule has 0 aromatic heterocycles. The molecule has 0 bridgehead atoms. The van der Waals surface area contributed by atoms with Crippen molar-refractivity contribution in [2.75, 3.05) is 0 Å². The third-order valence-electron chi connectivity index (χ3n) is 5.11. The van der Waals surface area contributed by atoms with E-state index in [-0.39, 0.29) is 0 Å². The molecule has 9 heteroatoms. The highest BCUT2D eigenvalue weighted by atomic mass is 19.4. The molecule has 0 aliphatic rings. The number of hydrogen-bond donors (Lipinski definition) is 0. The predicted molar refractivity (Wildman–Crippen MR) is 130 cm³/mol. The molecule has 4 aromatic carbocycles. The lowest BCUT2D eigenvalue weighted by molar-refractivity contribution is -0.138. The van der Waals surface area contributed by atoms with E-state index in [2.05, 4.69) is 9.98 Å². The van der Waals surface area contributed by atoms with E-state index in [0.717, 1.165) is 24.3 Å². The third-order valence-corrected chi connectivity index (χ3v) is 5.11. The Morgan fingerprint density at radius 1 is 0.459 bits per heavy atom. The molecule has 0 N–H and O–H groups in total. The summed E-state index contributed by atoms with van der Waals surface area (Å²) in [6.45, 7) is 0. The van der Waals surface area contributed by atoms with Gasteiger partial charge in [0.05, 0.1) is 22.5 Å². The van der Waals surface area contributed by atoms with Crippen molar-refractivity contribution in [2.24, 2.45) is 9.98 Å². The highest BCUT2D eigenvalue weighted by molar-refractivity contribution is 5.82. The predicted octanol–water partition coefficient (Wildman–Crippen LogP) is 9.02. The van der Waals surface area contributed by atoms with Crippen LogP contribution in [-0.4, -0.2) is 12.4 Å². The van der Waals surface area contributed by atoms with Crippen LogP contribution in [0.4, 0.5) is 37.7 Å². The van der Waals surface area contributed by atoms with Crippen molar-refractivity contribution in [1.82, 2.24) is 0 Å². The molecule has 4 aromatic rings.